The van der Waals surface area contributed by atoms with Crippen LogP contribution in [0.5, 0.6) is 0 Å². The number of carbonyl (C=O) groups excluding carboxylic acids is 3. The Morgan fingerprint density at radius 2 is 1.79 bits per heavy atom. The molecule has 2 aliphatic carbocycles. The fraction of sp³-hybridized carbons (Fsp3) is 0.318. The van der Waals surface area contributed by atoms with Crippen LogP contribution in [0.2, 0.25) is 0 Å². The van der Waals surface area contributed by atoms with Crippen LogP contribution in [0.15, 0.2) is 53.0 Å². The van der Waals surface area contributed by atoms with Gasteiger partial charge in [-0.15, -0.1) is 0 Å². The molecule has 3 aliphatic rings. The van der Waals surface area contributed by atoms with Crippen LogP contribution in [-0.4, -0.2) is 23.9 Å². The predicted molar refractivity (Wildman–Crippen MR) is 110 cm³/mol. The van der Waals surface area contributed by atoms with E-state index in [0.717, 1.165) is 17.3 Å². The highest BCUT2D eigenvalue weighted by Gasteiger charge is 2.63. The lowest BCUT2D eigenvalue weighted by Gasteiger charge is -2.23. The quantitative estimate of drug-likeness (QED) is 0.687. The Morgan fingerprint density at radius 3 is 2.59 bits per heavy atom. The summed E-state index contributed by atoms with van der Waals surface area (Å²) in [6.45, 7) is 0. The van der Waals surface area contributed by atoms with E-state index < -0.39 is 0 Å². The first-order chi connectivity index (χ1) is 14.0. The molecule has 2 aromatic rings. The molecule has 1 heterocycles. The van der Waals surface area contributed by atoms with Crippen LogP contribution in [0.4, 0.5) is 11.4 Å². The Morgan fingerprint density at radius 1 is 1.00 bits per heavy atom. The Balaban J connectivity index is 1.29. The monoisotopic (exact) mass is 454 g/mol. The van der Waals surface area contributed by atoms with Crippen molar-refractivity contribution in [1.82, 2.24) is 0 Å². The molecule has 5 atom stereocenters. The minimum Gasteiger partial charge on any atom is -0.462 e. The number of anilines is 2. The van der Waals surface area contributed by atoms with Crippen LogP contribution in [0.1, 0.15) is 23.2 Å². The van der Waals surface area contributed by atoms with Gasteiger partial charge in [-0.25, -0.2) is 0 Å². The minimum atomic E-state index is -0.341. The number of ether oxygens (including phenoxy) is 1. The standard InChI is InChI=1S/C22H19BrN2O4/c23-13-4-6-14(7-5-13)24-20(26)11-2-1-3-15(8-11)25-21(27)18-12-9-16-17(10-12)29-22(28)19(16)18/h1-8,12,16-19H,9-10H2,(H,24,26)(H,25,27)/t12-,16-,17-,18-,19-/m0/s1. The summed E-state index contributed by atoms with van der Waals surface area (Å²) in [5, 5.41) is 5.74. The van der Waals surface area contributed by atoms with Crippen molar-refractivity contribution in [3.8, 4) is 0 Å². The summed E-state index contributed by atoms with van der Waals surface area (Å²) in [4.78, 5) is 37.6. The third-order valence-electron chi connectivity index (χ3n) is 6.28. The van der Waals surface area contributed by atoms with Crippen LogP contribution in [0.25, 0.3) is 0 Å². The first-order valence-corrected chi connectivity index (χ1v) is 10.5. The van der Waals surface area contributed by atoms with Crippen molar-refractivity contribution >= 4 is 45.1 Å². The summed E-state index contributed by atoms with van der Waals surface area (Å²) in [6.07, 6.45) is 1.67. The Hall–Kier alpha value is -2.67. The first kappa shape index (κ1) is 18.4. The highest BCUT2D eigenvalue weighted by atomic mass is 79.9. The number of esters is 1. The van der Waals surface area contributed by atoms with E-state index in [2.05, 4.69) is 26.6 Å². The number of fused-ring (bicyclic) bond motifs is 1. The lowest BCUT2D eigenvalue weighted by atomic mass is 9.79. The molecule has 2 amide bonds. The van der Waals surface area contributed by atoms with E-state index in [1.54, 1.807) is 36.4 Å². The van der Waals surface area contributed by atoms with E-state index in [-0.39, 0.29) is 47.6 Å². The van der Waals surface area contributed by atoms with Crippen molar-refractivity contribution in [2.45, 2.75) is 18.9 Å². The summed E-state index contributed by atoms with van der Waals surface area (Å²) < 4.78 is 6.34. The molecule has 5 rings (SSSR count). The Labute approximate surface area is 176 Å². The second-order valence-corrected chi connectivity index (χ2v) is 8.87. The van der Waals surface area contributed by atoms with Crippen molar-refractivity contribution in [1.29, 1.82) is 0 Å². The van der Waals surface area contributed by atoms with Gasteiger partial charge in [0.15, 0.2) is 0 Å². The molecule has 3 fully saturated rings. The van der Waals surface area contributed by atoms with E-state index in [1.165, 1.54) is 0 Å². The molecular formula is C22H19BrN2O4. The zero-order valence-electron chi connectivity index (χ0n) is 15.4. The van der Waals surface area contributed by atoms with E-state index in [0.29, 0.717) is 16.9 Å². The van der Waals surface area contributed by atoms with Crippen LogP contribution < -0.4 is 10.6 Å². The largest absolute Gasteiger partial charge is 0.462 e. The number of hydrogen-bond acceptors (Lipinski definition) is 4. The molecule has 0 unspecified atom stereocenters. The average Bonchev–Trinajstić information content (AvgIpc) is 3.32. The van der Waals surface area contributed by atoms with Gasteiger partial charge in [-0.05, 0) is 61.2 Å². The Bertz CT molecular complexity index is 1000. The molecule has 0 aromatic heterocycles. The number of rotatable bonds is 4. The molecule has 148 valence electrons. The second-order valence-electron chi connectivity index (χ2n) is 7.95. The van der Waals surface area contributed by atoms with Crippen LogP contribution in [0.3, 0.4) is 0 Å². The van der Waals surface area contributed by atoms with Gasteiger partial charge < -0.3 is 15.4 Å². The van der Waals surface area contributed by atoms with Gasteiger partial charge in [0.25, 0.3) is 5.91 Å². The molecule has 6 nitrogen and oxygen atoms in total. The number of carbonyl (C=O) groups is 3. The summed E-state index contributed by atoms with van der Waals surface area (Å²) in [7, 11) is 0. The van der Waals surface area contributed by atoms with Gasteiger partial charge in [-0.3, -0.25) is 14.4 Å². The van der Waals surface area contributed by atoms with E-state index in [1.807, 2.05) is 12.1 Å². The summed E-state index contributed by atoms with van der Waals surface area (Å²) >= 11 is 3.36. The number of amides is 2. The topological polar surface area (TPSA) is 84.5 Å². The van der Waals surface area contributed by atoms with Crippen LogP contribution >= 0.6 is 15.9 Å². The average molecular weight is 455 g/mol. The molecule has 0 radical (unpaired) electrons. The summed E-state index contributed by atoms with van der Waals surface area (Å²) in [6, 6.07) is 14.1. The van der Waals surface area contributed by atoms with Crippen molar-refractivity contribution in [3.05, 3.63) is 58.6 Å². The van der Waals surface area contributed by atoms with Gasteiger partial charge in [0.05, 0.1) is 11.8 Å². The van der Waals surface area contributed by atoms with E-state index >= 15 is 0 Å². The maximum atomic E-state index is 12.9. The fourth-order valence-corrected chi connectivity index (χ4v) is 5.33. The molecule has 0 spiro atoms. The van der Waals surface area contributed by atoms with Gasteiger partial charge in [0, 0.05) is 27.3 Å². The molecule has 2 aromatic carbocycles. The van der Waals surface area contributed by atoms with Gasteiger partial charge in [-0.2, -0.15) is 0 Å². The second kappa shape index (κ2) is 6.99. The highest BCUT2D eigenvalue weighted by Crippen LogP contribution is 2.57. The number of halogens is 1. The molecule has 7 heteroatoms. The van der Waals surface area contributed by atoms with Crippen molar-refractivity contribution in [3.63, 3.8) is 0 Å². The SMILES string of the molecule is O=C(Nc1ccc(Br)cc1)c1cccc(NC(=O)[C@H]2[C@H]3C[C@@H]4[C@@H]2C(=O)O[C@H]4C3)c1. The lowest BCUT2D eigenvalue weighted by molar-refractivity contribution is -0.145. The van der Waals surface area contributed by atoms with Gasteiger partial charge >= 0.3 is 5.97 Å². The maximum Gasteiger partial charge on any atom is 0.310 e. The fourth-order valence-electron chi connectivity index (χ4n) is 5.06. The number of nitrogens with one attached hydrogen (secondary N) is 2. The van der Waals surface area contributed by atoms with Gasteiger partial charge in [0.2, 0.25) is 5.91 Å². The number of benzene rings is 2. The minimum absolute atomic E-state index is 0.00665. The number of hydrogen-bond donors (Lipinski definition) is 2. The predicted octanol–water partition coefficient (Wildman–Crippen LogP) is 3.84. The normalized spacial score (nSPS) is 28.9. The zero-order valence-corrected chi connectivity index (χ0v) is 17.0. The van der Waals surface area contributed by atoms with Crippen molar-refractivity contribution < 1.29 is 19.1 Å². The van der Waals surface area contributed by atoms with Crippen LogP contribution in [0, 0.1) is 23.7 Å². The summed E-state index contributed by atoms with van der Waals surface area (Å²) in [5.41, 5.74) is 1.67. The molecule has 2 saturated carbocycles. The summed E-state index contributed by atoms with van der Waals surface area (Å²) in [5.74, 6) is -0.927. The molecular weight excluding hydrogens is 436 g/mol. The first-order valence-electron chi connectivity index (χ1n) is 9.68. The maximum absolute atomic E-state index is 12.9. The Kier molecular flexibility index (Phi) is 4.42. The van der Waals surface area contributed by atoms with Crippen molar-refractivity contribution in [2.75, 3.05) is 10.6 Å². The van der Waals surface area contributed by atoms with E-state index in [4.69, 9.17) is 4.74 Å². The van der Waals surface area contributed by atoms with Crippen molar-refractivity contribution in [2.24, 2.45) is 23.7 Å². The zero-order chi connectivity index (χ0) is 20.1. The molecule has 2 N–H and O–H groups in total. The van der Waals surface area contributed by atoms with E-state index in [9.17, 15) is 14.4 Å². The van der Waals surface area contributed by atoms with Gasteiger partial charge in [-0.1, -0.05) is 22.0 Å². The molecule has 29 heavy (non-hydrogen) atoms. The van der Waals surface area contributed by atoms with Crippen LogP contribution in [-0.2, 0) is 14.3 Å². The molecule has 1 saturated heterocycles. The smallest absolute Gasteiger partial charge is 0.310 e. The highest BCUT2D eigenvalue weighted by molar-refractivity contribution is 9.10. The van der Waals surface area contributed by atoms with Gasteiger partial charge in [0.1, 0.15) is 6.10 Å². The molecule has 2 bridgehead atoms. The third kappa shape index (κ3) is 3.23. The molecule has 1 aliphatic heterocycles. The lowest BCUT2D eigenvalue weighted by Crippen LogP contribution is -2.35. The third-order valence-corrected chi connectivity index (χ3v) is 6.81.